The Morgan fingerprint density at radius 1 is 1.23 bits per heavy atom. The molecule has 1 saturated heterocycles. The molecule has 5 rings (SSSR count). The quantitative estimate of drug-likeness (QED) is 0.751. The van der Waals surface area contributed by atoms with E-state index in [1.165, 1.54) is 36.4 Å². The summed E-state index contributed by atoms with van der Waals surface area (Å²) in [6, 6.07) is 2.30. The van der Waals surface area contributed by atoms with Gasteiger partial charge in [-0.05, 0) is 56.1 Å². The van der Waals surface area contributed by atoms with Crippen LogP contribution < -0.4 is 10.2 Å². The highest BCUT2D eigenvalue weighted by Crippen LogP contribution is 2.60. The molecule has 1 N–H and O–H groups in total. The number of fused-ring (bicyclic) bond motifs is 1. The van der Waals surface area contributed by atoms with Gasteiger partial charge >= 0.3 is 0 Å². The van der Waals surface area contributed by atoms with E-state index < -0.39 is 15.8 Å². The molecule has 1 atom stereocenters. The first-order valence-corrected chi connectivity index (χ1v) is 12.7. The number of aromatic nitrogens is 2. The van der Waals surface area contributed by atoms with Gasteiger partial charge in [-0.3, -0.25) is 0 Å². The molecule has 2 saturated carbocycles. The van der Waals surface area contributed by atoms with E-state index in [0.717, 1.165) is 17.1 Å². The van der Waals surface area contributed by atoms with Gasteiger partial charge in [-0.25, -0.2) is 17.7 Å². The van der Waals surface area contributed by atoms with E-state index in [1.807, 2.05) is 12.3 Å². The van der Waals surface area contributed by atoms with Crippen LogP contribution in [0.15, 0.2) is 24.5 Å². The van der Waals surface area contributed by atoms with Crippen LogP contribution in [-0.4, -0.2) is 53.6 Å². The minimum absolute atomic E-state index is 0.101. The smallest absolute Gasteiger partial charge is 0.227 e. The third-order valence-electron chi connectivity index (χ3n) is 7.28. The lowest BCUT2D eigenvalue weighted by atomic mass is 9.96. The largest absolute Gasteiger partial charge is 0.351 e. The molecule has 2 aliphatic carbocycles. The summed E-state index contributed by atoms with van der Waals surface area (Å²) in [7, 11) is -3.48. The van der Waals surface area contributed by atoms with Crippen LogP contribution >= 0.6 is 0 Å². The van der Waals surface area contributed by atoms with Gasteiger partial charge in [0.2, 0.25) is 16.0 Å². The van der Waals surface area contributed by atoms with Gasteiger partial charge in [0.15, 0.2) is 5.75 Å². The molecule has 8 nitrogen and oxygen atoms in total. The van der Waals surface area contributed by atoms with Crippen molar-refractivity contribution in [3.63, 3.8) is 0 Å². The molecule has 1 spiro atoms. The van der Waals surface area contributed by atoms with Gasteiger partial charge in [-0.1, -0.05) is 13.0 Å². The summed E-state index contributed by atoms with van der Waals surface area (Å²) in [5, 5.41) is 12.1. The zero-order valence-corrected chi connectivity index (χ0v) is 18.4. The van der Waals surface area contributed by atoms with Crippen LogP contribution in [0.3, 0.4) is 0 Å². The number of nitriles is 1. The monoisotopic (exact) mass is 440 g/mol. The second-order valence-electron chi connectivity index (χ2n) is 9.17. The van der Waals surface area contributed by atoms with Gasteiger partial charge in [0.05, 0.1) is 6.07 Å². The Bertz CT molecular complexity index is 1060. The first kappa shape index (κ1) is 20.5. The van der Waals surface area contributed by atoms with Crippen molar-refractivity contribution in [2.75, 3.05) is 29.1 Å². The first-order valence-electron chi connectivity index (χ1n) is 11.1. The molecule has 3 heterocycles. The van der Waals surface area contributed by atoms with E-state index >= 15 is 0 Å². The number of allylic oxidation sites excluding steroid dienone is 1. The minimum Gasteiger partial charge on any atom is -0.351 e. The maximum Gasteiger partial charge on any atom is 0.227 e. The Balaban J connectivity index is 1.31. The molecular formula is C22H28N6O2S. The molecule has 2 aliphatic heterocycles. The summed E-state index contributed by atoms with van der Waals surface area (Å²) in [6.45, 7) is 5.11. The molecule has 0 unspecified atom stereocenters. The van der Waals surface area contributed by atoms with Gasteiger partial charge < -0.3 is 10.2 Å². The van der Waals surface area contributed by atoms with E-state index in [-0.39, 0.29) is 6.04 Å². The highest BCUT2D eigenvalue weighted by Gasteiger charge is 2.55. The van der Waals surface area contributed by atoms with Crippen LogP contribution in [0.4, 0.5) is 11.8 Å². The fourth-order valence-corrected chi connectivity index (χ4v) is 6.53. The van der Waals surface area contributed by atoms with E-state index in [4.69, 9.17) is 10.2 Å². The average molecular weight is 441 g/mol. The minimum atomic E-state index is -3.48. The van der Waals surface area contributed by atoms with E-state index in [1.54, 1.807) is 6.07 Å². The van der Waals surface area contributed by atoms with Crippen LogP contribution in [0.1, 0.15) is 50.5 Å². The zero-order valence-electron chi connectivity index (χ0n) is 17.6. The summed E-state index contributed by atoms with van der Waals surface area (Å²) >= 11 is 0. The molecular weight excluding hydrogens is 412 g/mol. The first-order chi connectivity index (χ1) is 14.9. The van der Waals surface area contributed by atoms with Crippen LogP contribution in [-0.2, 0) is 10.0 Å². The highest BCUT2D eigenvalue weighted by molar-refractivity contribution is 7.89. The zero-order chi connectivity index (χ0) is 21.6. The molecule has 0 aromatic carbocycles. The Morgan fingerprint density at radius 2 is 2.00 bits per heavy atom. The third-order valence-corrected chi connectivity index (χ3v) is 8.93. The fourth-order valence-electron chi connectivity index (χ4n) is 5.41. The van der Waals surface area contributed by atoms with Crippen molar-refractivity contribution in [3.8, 4) is 6.07 Å². The number of piperidine rings is 1. The van der Waals surface area contributed by atoms with E-state index in [9.17, 15) is 8.42 Å². The number of sulfonamides is 1. The van der Waals surface area contributed by atoms with E-state index in [2.05, 4.69) is 27.9 Å². The lowest BCUT2D eigenvalue weighted by Crippen LogP contribution is -2.43. The van der Waals surface area contributed by atoms with Crippen molar-refractivity contribution < 1.29 is 8.42 Å². The number of hydrogen-bond acceptors (Lipinski definition) is 7. The number of rotatable bonds is 5. The molecule has 0 bridgehead atoms. The van der Waals surface area contributed by atoms with Crippen molar-refractivity contribution in [1.82, 2.24) is 14.3 Å². The van der Waals surface area contributed by atoms with Crippen molar-refractivity contribution in [3.05, 3.63) is 30.1 Å². The molecule has 0 radical (unpaired) electrons. The number of anilines is 2. The lowest BCUT2D eigenvalue weighted by Gasteiger charge is -2.37. The molecule has 4 aliphatic rings. The summed E-state index contributed by atoms with van der Waals surface area (Å²) in [4.78, 5) is 11.7. The van der Waals surface area contributed by atoms with E-state index in [0.29, 0.717) is 43.3 Å². The molecule has 3 fully saturated rings. The summed E-state index contributed by atoms with van der Waals surface area (Å²) < 4.78 is 25.6. The van der Waals surface area contributed by atoms with Crippen LogP contribution in [0, 0.1) is 16.7 Å². The van der Waals surface area contributed by atoms with Gasteiger partial charge in [-0.2, -0.15) is 10.2 Å². The maximum atomic E-state index is 12.1. The van der Waals surface area contributed by atoms with Crippen LogP contribution in [0.5, 0.6) is 0 Å². The maximum absolute atomic E-state index is 12.1. The Morgan fingerprint density at radius 3 is 2.71 bits per heavy atom. The predicted molar refractivity (Wildman–Crippen MR) is 120 cm³/mol. The van der Waals surface area contributed by atoms with Crippen molar-refractivity contribution in [2.45, 2.75) is 57.0 Å². The molecule has 1 aromatic heterocycles. The molecule has 1 aromatic rings. The second-order valence-corrected chi connectivity index (χ2v) is 11.1. The summed E-state index contributed by atoms with van der Waals surface area (Å²) in [6.07, 6.45) is 13.6. The molecule has 31 heavy (non-hydrogen) atoms. The van der Waals surface area contributed by atoms with Crippen LogP contribution in [0.2, 0.25) is 0 Å². The predicted octanol–water partition coefficient (Wildman–Crippen LogP) is 2.89. The number of hydrogen-bond donors (Lipinski definition) is 1. The number of nitrogens with one attached hydrogen (secondary N) is 1. The van der Waals surface area contributed by atoms with Crippen molar-refractivity contribution >= 4 is 27.9 Å². The molecule has 9 heteroatoms. The highest BCUT2D eigenvalue weighted by atomic mass is 32.2. The molecule has 164 valence electrons. The van der Waals surface area contributed by atoms with Gasteiger partial charge in [0.1, 0.15) is 5.82 Å². The topological polar surface area (TPSA) is 102 Å². The second kappa shape index (κ2) is 7.61. The Hall–Kier alpha value is -2.44. The van der Waals surface area contributed by atoms with Gasteiger partial charge in [-0.15, -0.1) is 0 Å². The summed E-state index contributed by atoms with van der Waals surface area (Å²) in [5.74, 6) is 1.04. The SMILES string of the molecule is C=C1C=Cc2cnc(NC3CCN(S(=O)(=O)CC#N)CC3)nc2N1[C@H]1CCCC12CC2. The Labute approximate surface area is 183 Å². The van der Waals surface area contributed by atoms with Crippen molar-refractivity contribution in [1.29, 1.82) is 5.26 Å². The van der Waals surface area contributed by atoms with Crippen LogP contribution in [0.25, 0.3) is 6.08 Å². The average Bonchev–Trinajstić information content (AvgIpc) is 3.41. The summed E-state index contributed by atoms with van der Waals surface area (Å²) in [5.41, 5.74) is 2.44. The number of nitrogens with zero attached hydrogens (tertiary/aromatic N) is 5. The third kappa shape index (κ3) is 3.72. The Kier molecular flexibility index (Phi) is 5.02. The van der Waals surface area contributed by atoms with Crippen molar-refractivity contribution in [2.24, 2.45) is 5.41 Å². The van der Waals surface area contributed by atoms with Gasteiger partial charge in [0.25, 0.3) is 0 Å². The molecule has 0 amide bonds. The standard InChI is InChI=1S/C22H28N6O2S/c1-16-4-5-17-15-24-21(25-18-6-12-27(13-7-18)31(29,30)14-11-23)26-20(17)28(16)19-3-2-8-22(19)9-10-22/h4-5,15,18-19H,1-3,6-10,12-14H2,(H,24,25,26)/t19-/m0/s1. The fraction of sp³-hybridized carbons (Fsp3) is 0.591. The lowest BCUT2D eigenvalue weighted by molar-refractivity contribution is 0.330. The van der Waals surface area contributed by atoms with Gasteiger partial charge in [0, 0.05) is 42.6 Å². The normalized spacial score (nSPS) is 25.5.